The number of hydrogen-bond donors (Lipinski definition) is 0. The van der Waals surface area contributed by atoms with Gasteiger partial charge in [0.25, 0.3) is 5.91 Å². The Labute approximate surface area is 172 Å². The summed E-state index contributed by atoms with van der Waals surface area (Å²) < 4.78 is 2.01. The minimum atomic E-state index is -0.547. The highest BCUT2D eigenvalue weighted by Gasteiger charge is 2.54. The fraction of sp³-hybridized carbons (Fsp3) is 0.750. The molecule has 0 bridgehead atoms. The summed E-state index contributed by atoms with van der Waals surface area (Å²) in [4.78, 5) is 36.1. The number of piperidine rings is 1. The summed E-state index contributed by atoms with van der Waals surface area (Å²) in [6.07, 6.45) is 3.82. The first-order valence-corrected chi connectivity index (χ1v) is 10.7. The Kier molecular flexibility index (Phi) is 5.42. The molecule has 0 aromatic heterocycles. The van der Waals surface area contributed by atoms with Crippen LogP contribution in [0.5, 0.6) is 0 Å². The lowest BCUT2D eigenvalue weighted by Gasteiger charge is -2.35. The summed E-state index contributed by atoms with van der Waals surface area (Å²) in [7, 11) is 1.71. The number of urea groups is 1. The third kappa shape index (κ3) is 3.68. The maximum absolute atomic E-state index is 13.2. The molecule has 0 aliphatic carbocycles. The van der Waals surface area contributed by atoms with Crippen molar-refractivity contribution < 1.29 is 14.2 Å². The molecule has 2 fully saturated rings. The van der Waals surface area contributed by atoms with Crippen molar-refractivity contribution in [3.05, 3.63) is 0 Å². The number of amides is 3. The van der Waals surface area contributed by atoms with E-state index in [1.807, 2.05) is 30.4 Å². The van der Waals surface area contributed by atoms with Crippen molar-refractivity contribution >= 4 is 29.4 Å². The monoisotopic (exact) mass is 402 g/mol. The number of nitrogens with zero attached hydrogens (tertiary/aromatic N) is 7. The third-order valence-corrected chi connectivity index (χ3v) is 5.94. The lowest BCUT2D eigenvalue weighted by atomic mass is 10.1. The molecule has 4 aliphatic heterocycles. The molecular formula is C20H32N7O2+. The van der Waals surface area contributed by atoms with Crippen LogP contribution in [0.1, 0.15) is 40.0 Å². The number of fused-ring (bicyclic) bond motifs is 2. The van der Waals surface area contributed by atoms with E-state index in [9.17, 15) is 9.59 Å². The van der Waals surface area contributed by atoms with Gasteiger partial charge in [-0.3, -0.25) is 14.6 Å². The van der Waals surface area contributed by atoms with Crippen LogP contribution < -0.4 is 0 Å². The molecule has 0 N–H and O–H groups in total. The van der Waals surface area contributed by atoms with Gasteiger partial charge < -0.3 is 4.90 Å². The predicted octanol–water partition coefficient (Wildman–Crippen LogP) is 0.863. The number of carbonyl (C=O) groups excluding carboxylic acids is 2. The molecule has 9 heteroatoms. The largest absolute Gasteiger partial charge is 0.416 e. The molecule has 0 radical (unpaired) electrons. The molecule has 29 heavy (non-hydrogen) atoms. The molecule has 1 atom stereocenters. The maximum Gasteiger partial charge on any atom is 0.416 e. The Morgan fingerprint density at radius 2 is 1.86 bits per heavy atom. The number of likely N-dealkylation sites (N-methyl/N-ethyl adjacent to an activating group) is 1. The number of carbonyl (C=O) groups is 2. The van der Waals surface area contributed by atoms with Gasteiger partial charge in [0.2, 0.25) is 11.9 Å². The SMILES string of the molecule is CC1=NN(CCN2CCCCC2)C2=[N+](C1)C1C(=O)N(CC(C)C)C(=O)N(C)C1=N2. The molecular weight excluding hydrogens is 370 g/mol. The van der Waals surface area contributed by atoms with Crippen LogP contribution >= 0.6 is 0 Å². The van der Waals surface area contributed by atoms with Gasteiger partial charge in [-0.1, -0.05) is 25.3 Å². The Morgan fingerprint density at radius 1 is 1.14 bits per heavy atom. The van der Waals surface area contributed by atoms with Gasteiger partial charge in [-0.25, -0.2) is 9.37 Å². The van der Waals surface area contributed by atoms with Gasteiger partial charge in [0.15, 0.2) is 0 Å². The first kappa shape index (κ1) is 20.0. The highest BCUT2D eigenvalue weighted by Crippen LogP contribution is 2.23. The molecule has 0 aromatic carbocycles. The van der Waals surface area contributed by atoms with E-state index >= 15 is 0 Å². The Bertz CT molecular complexity index is 795. The fourth-order valence-corrected chi connectivity index (χ4v) is 4.51. The summed E-state index contributed by atoms with van der Waals surface area (Å²) >= 11 is 0. The van der Waals surface area contributed by atoms with Crippen LogP contribution in [0.25, 0.3) is 0 Å². The zero-order valence-electron chi connectivity index (χ0n) is 18.0. The van der Waals surface area contributed by atoms with Crippen molar-refractivity contribution in [2.45, 2.75) is 46.1 Å². The minimum Gasteiger partial charge on any atom is -0.300 e. The van der Waals surface area contributed by atoms with Gasteiger partial charge in [0, 0.05) is 20.1 Å². The summed E-state index contributed by atoms with van der Waals surface area (Å²) in [6, 6.07) is -0.842. The van der Waals surface area contributed by atoms with E-state index in [0.717, 1.165) is 31.9 Å². The standard InChI is InChI=1S/C20H32N7O2/c1-14(2)12-26-18(28)16-17(23(4)20(26)29)21-19-25(16)13-15(3)22-27(19)11-10-24-8-6-5-7-9-24/h14,16H,5-13H2,1-4H3/q+1. The van der Waals surface area contributed by atoms with Gasteiger partial charge in [0.05, 0.1) is 5.71 Å². The normalized spacial score (nSPS) is 25.6. The highest BCUT2D eigenvalue weighted by molar-refractivity contribution is 6.23. The number of aliphatic imine (C=N–C) groups is 1. The zero-order valence-corrected chi connectivity index (χ0v) is 18.0. The predicted molar refractivity (Wildman–Crippen MR) is 111 cm³/mol. The van der Waals surface area contributed by atoms with Crippen molar-refractivity contribution in [1.29, 1.82) is 0 Å². The lowest BCUT2D eigenvalue weighted by molar-refractivity contribution is -0.527. The average Bonchev–Trinajstić information content (AvgIpc) is 3.08. The smallest absolute Gasteiger partial charge is 0.300 e. The molecule has 4 heterocycles. The van der Waals surface area contributed by atoms with E-state index < -0.39 is 6.04 Å². The number of guanidine groups is 1. The topological polar surface area (TPSA) is 74.8 Å². The van der Waals surface area contributed by atoms with Crippen molar-refractivity contribution in [2.75, 3.05) is 46.3 Å². The average molecular weight is 403 g/mol. The van der Waals surface area contributed by atoms with Gasteiger partial charge >= 0.3 is 12.0 Å². The second-order valence-corrected chi connectivity index (χ2v) is 8.85. The zero-order chi connectivity index (χ0) is 20.7. The van der Waals surface area contributed by atoms with Gasteiger partial charge in [-0.05, 0) is 38.8 Å². The van der Waals surface area contributed by atoms with Crippen LogP contribution in [0.15, 0.2) is 10.1 Å². The Balaban J connectivity index is 1.58. The summed E-state index contributed by atoms with van der Waals surface area (Å²) in [6.45, 7) is 10.9. The van der Waals surface area contributed by atoms with Gasteiger partial charge in [-0.2, -0.15) is 0 Å². The molecule has 0 aromatic rings. The lowest BCUT2D eigenvalue weighted by Crippen LogP contribution is -2.63. The van der Waals surface area contributed by atoms with E-state index in [1.165, 1.54) is 29.1 Å². The van der Waals surface area contributed by atoms with E-state index in [4.69, 9.17) is 10.1 Å². The molecule has 0 saturated carbocycles. The molecule has 9 nitrogen and oxygen atoms in total. The molecule has 0 spiro atoms. The Morgan fingerprint density at radius 3 is 2.55 bits per heavy atom. The summed E-state index contributed by atoms with van der Waals surface area (Å²) in [5.41, 5.74) is 0.951. The van der Waals surface area contributed by atoms with Crippen LogP contribution in [-0.2, 0) is 4.79 Å². The summed E-state index contributed by atoms with van der Waals surface area (Å²) in [5, 5.41) is 6.63. The van der Waals surface area contributed by atoms with Crippen LogP contribution in [0, 0.1) is 5.92 Å². The quantitative estimate of drug-likeness (QED) is 0.640. The number of imide groups is 1. The number of amidine groups is 1. The molecule has 158 valence electrons. The van der Waals surface area contributed by atoms with Crippen molar-refractivity contribution in [1.82, 2.24) is 19.7 Å². The van der Waals surface area contributed by atoms with E-state index in [2.05, 4.69) is 4.90 Å². The number of hydrogen-bond acceptors (Lipinski definition) is 6. The number of likely N-dealkylation sites (tertiary alicyclic amines) is 1. The highest BCUT2D eigenvalue weighted by atomic mass is 16.2. The minimum absolute atomic E-state index is 0.179. The van der Waals surface area contributed by atoms with Crippen molar-refractivity contribution in [3.8, 4) is 0 Å². The number of rotatable bonds is 5. The molecule has 2 saturated heterocycles. The van der Waals surface area contributed by atoms with Crippen LogP contribution in [-0.4, -0.2) is 106 Å². The van der Waals surface area contributed by atoms with Crippen LogP contribution in [0.2, 0.25) is 0 Å². The molecule has 3 amide bonds. The second-order valence-electron chi connectivity index (χ2n) is 8.85. The van der Waals surface area contributed by atoms with E-state index in [1.54, 1.807) is 7.05 Å². The van der Waals surface area contributed by atoms with Crippen LogP contribution in [0.4, 0.5) is 4.79 Å². The molecule has 4 rings (SSSR count). The Hall–Kier alpha value is -2.29. The van der Waals surface area contributed by atoms with Gasteiger partial charge in [-0.15, -0.1) is 10.1 Å². The second kappa shape index (κ2) is 7.85. The van der Waals surface area contributed by atoms with E-state index in [-0.39, 0.29) is 17.9 Å². The molecule has 4 aliphatic rings. The van der Waals surface area contributed by atoms with Crippen molar-refractivity contribution in [3.63, 3.8) is 0 Å². The maximum atomic E-state index is 13.2. The first-order chi connectivity index (χ1) is 13.9. The first-order valence-electron chi connectivity index (χ1n) is 10.7. The van der Waals surface area contributed by atoms with Crippen molar-refractivity contribution in [2.24, 2.45) is 16.0 Å². The van der Waals surface area contributed by atoms with E-state index in [0.29, 0.717) is 24.9 Å². The van der Waals surface area contributed by atoms with Gasteiger partial charge in [0.1, 0.15) is 13.1 Å². The third-order valence-electron chi connectivity index (χ3n) is 5.94. The molecule has 1 unspecified atom stereocenters. The fourth-order valence-electron chi connectivity index (χ4n) is 4.51. The van der Waals surface area contributed by atoms with Crippen LogP contribution in [0.3, 0.4) is 0 Å². The summed E-state index contributed by atoms with van der Waals surface area (Å²) in [5.74, 6) is 1.24. The number of hydrazone groups is 1.